The number of carbonyl (C=O) groups excluding carboxylic acids is 1. The molecule has 18 heavy (non-hydrogen) atoms. The number of aromatic nitrogens is 1. The molecule has 0 aliphatic heterocycles. The molecule has 0 atom stereocenters. The molecule has 2 rings (SSSR count). The van der Waals surface area contributed by atoms with E-state index in [0.717, 1.165) is 5.56 Å². The predicted molar refractivity (Wildman–Crippen MR) is 68.3 cm³/mol. The maximum absolute atomic E-state index is 12.7. The van der Waals surface area contributed by atoms with E-state index in [-0.39, 0.29) is 11.7 Å². The van der Waals surface area contributed by atoms with Crippen LogP contribution in [0.15, 0.2) is 54.9 Å². The average Bonchev–Trinajstić information content (AvgIpc) is 2.40. The molecule has 0 saturated carbocycles. The topological polar surface area (TPSA) is 42.0 Å². The van der Waals surface area contributed by atoms with Crippen molar-refractivity contribution in [2.45, 2.75) is 0 Å². The molecule has 0 saturated heterocycles. The summed E-state index contributed by atoms with van der Waals surface area (Å²) in [6, 6.07) is 9.19. The minimum absolute atomic E-state index is 0.265. The van der Waals surface area contributed by atoms with Gasteiger partial charge in [-0.15, -0.1) is 0 Å². The van der Waals surface area contributed by atoms with Crippen molar-refractivity contribution in [2.24, 2.45) is 0 Å². The quantitative estimate of drug-likeness (QED) is 0.841. The van der Waals surface area contributed by atoms with Crippen LogP contribution < -0.4 is 5.32 Å². The summed E-state index contributed by atoms with van der Waals surface area (Å²) in [6.45, 7) is 0. The summed E-state index contributed by atoms with van der Waals surface area (Å²) in [7, 11) is 0. The number of carbonyl (C=O) groups is 1. The lowest BCUT2D eigenvalue weighted by Gasteiger charge is -2.01. The van der Waals surface area contributed by atoms with Gasteiger partial charge in [0.2, 0.25) is 5.91 Å². The van der Waals surface area contributed by atoms with Crippen LogP contribution in [0.5, 0.6) is 0 Å². The van der Waals surface area contributed by atoms with Gasteiger partial charge in [-0.2, -0.15) is 0 Å². The number of nitrogens with zero attached hydrogens (tertiary/aromatic N) is 1. The van der Waals surface area contributed by atoms with E-state index in [1.54, 1.807) is 30.6 Å². The average molecular weight is 242 g/mol. The molecule has 1 aromatic heterocycles. The Labute approximate surface area is 104 Å². The van der Waals surface area contributed by atoms with Crippen LogP contribution in [0, 0.1) is 5.82 Å². The lowest BCUT2D eigenvalue weighted by atomic mass is 10.2. The molecular formula is C14H11FN2O. The first kappa shape index (κ1) is 12.0. The fraction of sp³-hybridized carbons (Fsp3) is 0. The number of benzene rings is 1. The van der Waals surface area contributed by atoms with E-state index in [1.165, 1.54) is 30.3 Å². The van der Waals surface area contributed by atoms with Crippen LogP contribution in [0.4, 0.5) is 10.1 Å². The number of anilines is 1. The largest absolute Gasteiger partial charge is 0.323 e. The van der Waals surface area contributed by atoms with Gasteiger partial charge >= 0.3 is 0 Å². The highest BCUT2D eigenvalue weighted by molar-refractivity contribution is 6.01. The van der Waals surface area contributed by atoms with Gasteiger partial charge < -0.3 is 5.32 Å². The Hall–Kier alpha value is -2.49. The Morgan fingerprint density at radius 3 is 2.44 bits per heavy atom. The van der Waals surface area contributed by atoms with Gasteiger partial charge in [0.25, 0.3) is 0 Å². The Kier molecular flexibility index (Phi) is 3.81. The van der Waals surface area contributed by atoms with E-state index in [2.05, 4.69) is 10.3 Å². The van der Waals surface area contributed by atoms with Crippen molar-refractivity contribution in [1.29, 1.82) is 0 Å². The minimum Gasteiger partial charge on any atom is -0.323 e. The van der Waals surface area contributed by atoms with Gasteiger partial charge in [0.1, 0.15) is 5.82 Å². The normalized spacial score (nSPS) is 10.5. The zero-order valence-corrected chi connectivity index (χ0v) is 9.51. The molecule has 0 aliphatic carbocycles. The van der Waals surface area contributed by atoms with E-state index in [9.17, 15) is 9.18 Å². The highest BCUT2D eigenvalue weighted by Crippen LogP contribution is 2.08. The van der Waals surface area contributed by atoms with Crippen molar-refractivity contribution in [3.63, 3.8) is 0 Å². The number of amides is 1. The Bertz CT molecular complexity index is 550. The fourth-order valence-electron chi connectivity index (χ4n) is 1.36. The third kappa shape index (κ3) is 3.52. The van der Waals surface area contributed by atoms with Gasteiger partial charge in [-0.1, -0.05) is 0 Å². The summed E-state index contributed by atoms with van der Waals surface area (Å²) in [5, 5.41) is 2.63. The van der Waals surface area contributed by atoms with Gasteiger partial charge in [0.15, 0.2) is 0 Å². The Morgan fingerprint density at radius 2 is 1.78 bits per heavy atom. The third-order valence-corrected chi connectivity index (χ3v) is 2.25. The van der Waals surface area contributed by atoms with Crippen LogP contribution in [0.25, 0.3) is 6.08 Å². The summed E-state index contributed by atoms with van der Waals surface area (Å²) in [6.07, 6.45) is 6.40. The highest BCUT2D eigenvalue weighted by Gasteiger charge is 1.97. The van der Waals surface area contributed by atoms with Crippen molar-refractivity contribution in [3.8, 4) is 0 Å². The number of hydrogen-bond donors (Lipinski definition) is 1. The van der Waals surface area contributed by atoms with Gasteiger partial charge in [-0.05, 0) is 48.0 Å². The first-order valence-electron chi connectivity index (χ1n) is 5.39. The molecule has 1 heterocycles. The molecule has 0 radical (unpaired) electrons. The number of rotatable bonds is 3. The summed E-state index contributed by atoms with van der Waals surface area (Å²) in [5.41, 5.74) is 1.44. The summed E-state index contributed by atoms with van der Waals surface area (Å²) < 4.78 is 12.7. The fourth-order valence-corrected chi connectivity index (χ4v) is 1.36. The van der Waals surface area contributed by atoms with E-state index in [0.29, 0.717) is 5.69 Å². The lowest BCUT2D eigenvalue weighted by molar-refractivity contribution is -0.111. The molecule has 90 valence electrons. The molecule has 1 amide bonds. The predicted octanol–water partition coefficient (Wildman–Crippen LogP) is 2.87. The molecular weight excluding hydrogens is 231 g/mol. The SMILES string of the molecule is O=C(/C=C/c1ccncc1)Nc1ccc(F)cc1. The molecule has 0 fully saturated rings. The second kappa shape index (κ2) is 5.72. The first-order chi connectivity index (χ1) is 8.74. The van der Waals surface area contributed by atoms with Crippen molar-refractivity contribution >= 4 is 17.7 Å². The van der Waals surface area contributed by atoms with Crippen molar-refractivity contribution in [3.05, 3.63) is 66.2 Å². The van der Waals surface area contributed by atoms with Gasteiger partial charge in [0.05, 0.1) is 0 Å². The maximum Gasteiger partial charge on any atom is 0.248 e. The molecule has 1 aromatic carbocycles. The van der Waals surface area contributed by atoms with E-state index in [1.807, 2.05) is 0 Å². The molecule has 2 aromatic rings. The van der Waals surface area contributed by atoms with E-state index < -0.39 is 0 Å². The van der Waals surface area contributed by atoms with Gasteiger partial charge in [-0.3, -0.25) is 9.78 Å². The van der Waals surface area contributed by atoms with E-state index >= 15 is 0 Å². The second-order valence-corrected chi connectivity index (χ2v) is 3.61. The number of hydrogen-bond acceptors (Lipinski definition) is 2. The maximum atomic E-state index is 12.7. The molecule has 0 aliphatic rings. The zero-order valence-electron chi connectivity index (χ0n) is 9.51. The monoisotopic (exact) mass is 242 g/mol. The molecule has 1 N–H and O–H groups in total. The number of halogens is 1. The zero-order chi connectivity index (χ0) is 12.8. The third-order valence-electron chi connectivity index (χ3n) is 2.25. The standard InChI is InChI=1S/C14H11FN2O/c15-12-2-4-13(5-3-12)17-14(18)6-1-11-7-9-16-10-8-11/h1-10H,(H,17,18)/b6-1+. The summed E-state index contributed by atoms with van der Waals surface area (Å²) in [4.78, 5) is 15.4. The smallest absolute Gasteiger partial charge is 0.248 e. The van der Waals surface area contributed by atoms with Crippen molar-refractivity contribution in [2.75, 3.05) is 5.32 Å². The van der Waals surface area contributed by atoms with Gasteiger partial charge in [-0.25, -0.2) is 4.39 Å². The van der Waals surface area contributed by atoms with Crippen molar-refractivity contribution in [1.82, 2.24) is 4.98 Å². The second-order valence-electron chi connectivity index (χ2n) is 3.61. The highest BCUT2D eigenvalue weighted by atomic mass is 19.1. The van der Waals surface area contributed by atoms with Crippen LogP contribution in [-0.2, 0) is 4.79 Å². The Balaban J connectivity index is 1.97. The number of nitrogens with one attached hydrogen (secondary N) is 1. The summed E-state index contributed by atoms with van der Waals surface area (Å²) in [5.74, 6) is -0.598. The van der Waals surface area contributed by atoms with Gasteiger partial charge in [0, 0.05) is 24.2 Å². The van der Waals surface area contributed by atoms with Crippen LogP contribution in [0.3, 0.4) is 0 Å². The lowest BCUT2D eigenvalue weighted by Crippen LogP contribution is -2.07. The molecule has 3 nitrogen and oxygen atoms in total. The van der Waals surface area contributed by atoms with Crippen LogP contribution in [0.2, 0.25) is 0 Å². The molecule has 0 spiro atoms. The van der Waals surface area contributed by atoms with Crippen molar-refractivity contribution < 1.29 is 9.18 Å². The summed E-state index contributed by atoms with van der Waals surface area (Å²) >= 11 is 0. The van der Waals surface area contributed by atoms with Crippen LogP contribution in [0.1, 0.15) is 5.56 Å². The Morgan fingerprint density at radius 1 is 1.11 bits per heavy atom. The first-order valence-corrected chi connectivity index (χ1v) is 5.39. The van der Waals surface area contributed by atoms with Crippen LogP contribution >= 0.6 is 0 Å². The van der Waals surface area contributed by atoms with Crippen LogP contribution in [-0.4, -0.2) is 10.9 Å². The van der Waals surface area contributed by atoms with E-state index in [4.69, 9.17) is 0 Å². The minimum atomic E-state index is -0.333. The molecule has 0 bridgehead atoms. The molecule has 0 unspecified atom stereocenters. The molecule has 4 heteroatoms. The number of pyridine rings is 1.